The fraction of sp³-hybridized carbons (Fsp3) is 1.00. The van der Waals surface area contributed by atoms with E-state index in [0.717, 1.165) is 25.9 Å². The SMILES string of the molecule is [B]CCC(CC[B])OC.[B]CCC(C[B])COC. The molecule has 2 nitrogen and oxygen atoms in total. The number of rotatable bonds is 10. The van der Waals surface area contributed by atoms with E-state index in [9.17, 15) is 0 Å². The van der Waals surface area contributed by atoms with Gasteiger partial charge in [-0.3, -0.25) is 0 Å². The van der Waals surface area contributed by atoms with E-state index in [1.165, 1.54) is 0 Å². The quantitative estimate of drug-likeness (QED) is 0.545. The minimum absolute atomic E-state index is 0.264. The van der Waals surface area contributed by atoms with Gasteiger partial charge in [-0.2, -0.15) is 0 Å². The molecule has 0 bridgehead atoms. The molecule has 1 unspecified atom stereocenters. The lowest BCUT2D eigenvalue weighted by Crippen LogP contribution is -2.09. The number of hydrogen-bond acceptors (Lipinski definition) is 2. The summed E-state index contributed by atoms with van der Waals surface area (Å²) < 4.78 is 9.98. The molecule has 0 N–H and O–H groups in total. The van der Waals surface area contributed by atoms with Gasteiger partial charge in [0.1, 0.15) is 0 Å². The first-order valence-electron chi connectivity index (χ1n) is 6.52. The van der Waals surface area contributed by atoms with Gasteiger partial charge in [0.25, 0.3) is 0 Å². The molecule has 0 aliphatic heterocycles. The summed E-state index contributed by atoms with van der Waals surface area (Å²) in [6.07, 6.45) is 5.78. The van der Waals surface area contributed by atoms with Crippen molar-refractivity contribution in [3.05, 3.63) is 0 Å². The van der Waals surface area contributed by atoms with Gasteiger partial charge in [0, 0.05) is 20.8 Å². The van der Waals surface area contributed by atoms with Gasteiger partial charge in [0.05, 0.1) is 37.5 Å². The van der Waals surface area contributed by atoms with Crippen molar-refractivity contribution in [1.29, 1.82) is 0 Å². The zero-order valence-corrected chi connectivity index (χ0v) is 11.9. The van der Waals surface area contributed by atoms with E-state index >= 15 is 0 Å². The summed E-state index contributed by atoms with van der Waals surface area (Å²) in [5.74, 6) is 0.444. The Labute approximate surface area is 119 Å². The Balaban J connectivity index is 0. The Kier molecular flexibility index (Phi) is 19.6. The summed E-state index contributed by atoms with van der Waals surface area (Å²) >= 11 is 0. The Morgan fingerprint density at radius 3 is 1.61 bits per heavy atom. The Morgan fingerprint density at radius 1 is 0.833 bits per heavy atom. The molecule has 0 saturated carbocycles. The zero-order valence-electron chi connectivity index (χ0n) is 11.9. The van der Waals surface area contributed by atoms with E-state index in [1.807, 2.05) is 0 Å². The third-order valence-corrected chi connectivity index (χ3v) is 2.62. The molecule has 0 saturated heterocycles. The smallest absolute Gasteiger partial charge is 0.0657 e. The van der Waals surface area contributed by atoms with Crippen molar-refractivity contribution < 1.29 is 9.47 Å². The van der Waals surface area contributed by atoms with Gasteiger partial charge in [-0.05, 0) is 18.8 Å². The van der Waals surface area contributed by atoms with E-state index < -0.39 is 0 Å². The van der Waals surface area contributed by atoms with Crippen LogP contribution in [-0.2, 0) is 9.47 Å². The van der Waals surface area contributed by atoms with Crippen LogP contribution < -0.4 is 0 Å². The van der Waals surface area contributed by atoms with Crippen LogP contribution in [0.2, 0.25) is 25.3 Å². The lowest BCUT2D eigenvalue weighted by atomic mass is 9.85. The fourth-order valence-electron chi connectivity index (χ4n) is 1.49. The largest absolute Gasteiger partial charge is 0.384 e. The van der Waals surface area contributed by atoms with Crippen molar-refractivity contribution in [2.45, 2.75) is 50.6 Å². The molecule has 1 atom stereocenters. The summed E-state index contributed by atoms with van der Waals surface area (Å²) in [5.41, 5.74) is 0. The third-order valence-electron chi connectivity index (χ3n) is 2.62. The molecule has 0 aliphatic carbocycles. The van der Waals surface area contributed by atoms with Crippen LogP contribution in [0.5, 0.6) is 0 Å². The molecule has 0 heterocycles. The van der Waals surface area contributed by atoms with Gasteiger partial charge in [-0.25, -0.2) is 0 Å². The molecular formula is C12H24B4O2. The highest BCUT2D eigenvalue weighted by Gasteiger charge is 2.02. The van der Waals surface area contributed by atoms with Crippen LogP contribution in [0, 0.1) is 5.92 Å². The number of ether oxygens (including phenoxy) is 2. The van der Waals surface area contributed by atoms with Crippen LogP contribution in [0.15, 0.2) is 0 Å². The highest BCUT2D eigenvalue weighted by molar-refractivity contribution is 6.09. The maximum Gasteiger partial charge on any atom is 0.0657 e. The molecule has 0 rings (SSSR count). The monoisotopic (exact) mass is 244 g/mol. The summed E-state index contributed by atoms with van der Waals surface area (Å²) in [7, 11) is 24.7. The van der Waals surface area contributed by atoms with Crippen molar-refractivity contribution in [2.75, 3.05) is 20.8 Å². The Bertz CT molecular complexity index is 122. The lowest BCUT2D eigenvalue weighted by Gasteiger charge is -2.11. The fourth-order valence-corrected chi connectivity index (χ4v) is 1.49. The molecule has 0 fully saturated rings. The van der Waals surface area contributed by atoms with Crippen LogP contribution in [0.3, 0.4) is 0 Å². The Hall–Kier alpha value is 0.180. The van der Waals surface area contributed by atoms with Gasteiger partial charge in [0.15, 0.2) is 0 Å². The van der Waals surface area contributed by atoms with Crippen molar-refractivity contribution >= 4 is 31.4 Å². The van der Waals surface area contributed by atoms with Crippen LogP contribution >= 0.6 is 0 Å². The van der Waals surface area contributed by atoms with Crippen LogP contribution in [0.1, 0.15) is 19.3 Å². The first-order valence-corrected chi connectivity index (χ1v) is 6.52. The highest BCUT2D eigenvalue weighted by Crippen LogP contribution is 2.08. The molecule has 0 aliphatic rings. The second-order valence-electron chi connectivity index (χ2n) is 4.15. The van der Waals surface area contributed by atoms with E-state index in [0.29, 0.717) is 31.2 Å². The lowest BCUT2D eigenvalue weighted by molar-refractivity contribution is 0.0967. The molecular weight excluding hydrogens is 219 g/mol. The standard InChI is InChI=1S/2C6H12B2O/c1-9-6(2-4-7)3-5-8;1-9-5-6(4-8)2-3-7/h2*6H,2-5H2,1H3. The molecule has 0 aromatic heterocycles. The van der Waals surface area contributed by atoms with E-state index in [2.05, 4.69) is 0 Å². The second kappa shape index (κ2) is 17.2. The van der Waals surface area contributed by atoms with E-state index in [4.69, 9.17) is 40.9 Å². The highest BCUT2D eigenvalue weighted by atomic mass is 16.5. The molecule has 0 spiro atoms. The summed E-state index contributed by atoms with van der Waals surface area (Å²) in [4.78, 5) is 0. The summed E-state index contributed by atoms with van der Waals surface area (Å²) in [6, 6.07) is 0. The normalized spacial score (nSPS) is 11.9. The molecule has 8 radical (unpaired) electrons. The Morgan fingerprint density at radius 2 is 1.33 bits per heavy atom. The minimum Gasteiger partial charge on any atom is -0.384 e. The molecule has 0 aromatic carbocycles. The zero-order chi connectivity index (χ0) is 14.2. The molecule has 0 amide bonds. The van der Waals surface area contributed by atoms with Gasteiger partial charge in [-0.15, -0.1) is 0 Å². The van der Waals surface area contributed by atoms with Crippen LogP contribution in [-0.4, -0.2) is 58.3 Å². The average Bonchev–Trinajstić information content (AvgIpc) is 2.39. The third kappa shape index (κ3) is 14.2. The molecule has 0 aromatic rings. The van der Waals surface area contributed by atoms with Crippen LogP contribution in [0.4, 0.5) is 0 Å². The number of hydrogen-bond donors (Lipinski definition) is 0. The van der Waals surface area contributed by atoms with Gasteiger partial charge >= 0.3 is 0 Å². The average molecular weight is 244 g/mol. The van der Waals surface area contributed by atoms with E-state index in [1.54, 1.807) is 14.2 Å². The second-order valence-corrected chi connectivity index (χ2v) is 4.15. The van der Waals surface area contributed by atoms with Crippen molar-refractivity contribution in [3.8, 4) is 0 Å². The van der Waals surface area contributed by atoms with Crippen molar-refractivity contribution in [1.82, 2.24) is 0 Å². The predicted octanol–water partition coefficient (Wildman–Crippen LogP) is 1.77. The molecule has 18 heavy (non-hydrogen) atoms. The first-order chi connectivity index (χ1) is 8.69. The summed E-state index contributed by atoms with van der Waals surface area (Å²) in [6.45, 7) is 0.730. The van der Waals surface area contributed by atoms with Crippen molar-refractivity contribution in [2.24, 2.45) is 5.92 Å². The van der Waals surface area contributed by atoms with E-state index in [-0.39, 0.29) is 6.10 Å². The van der Waals surface area contributed by atoms with Crippen molar-refractivity contribution in [3.63, 3.8) is 0 Å². The maximum absolute atomic E-state index is 5.41. The van der Waals surface area contributed by atoms with Gasteiger partial charge < -0.3 is 9.47 Å². The van der Waals surface area contributed by atoms with Crippen LogP contribution in [0.25, 0.3) is 0 Å². The predicted molar refractivity (Wildman–Crippen MR) is 82.3 cm³/mol. The van der Waals surface area contributed by atoms with Gasteiger partial charge in [-0.1, -0.05) is 31.7 Å². The topological polar surface area (TPSA) is 18.5 Å². The molecule has 6 heteroatoms. The molecule has 96 valence electrons. The maximum atomic E-state index is 5.41. The first kappa shape index (κ1) is 20.5. The number of methoxy groups -OCH3 is 2. The summed E-state index contributed by atoms with van der Waals surface area (Å²) in [5, 5.41) is 0. The minimum atomic E-state index is 0.264. The van der Waals surface area contributed by atoms with Gasteiger partial charge in [0.2, 0.25) is 0 Å².